The van der Waals surface area contributed by atoms with E-state index in [1.54, 1.807) is 0 Å². The van der Waals surface area contributed by atoms with E-state index in [0.717, 1.165) is 19.3 Å². The lowest BCUT2D eigenvalue weighted by Gasteiger charge is -2.38. The van der Waals surface area contributed by atoms with E-state index in [0.29, 0.717) is 12.8 Å². The molecule has 0 atom stereocenters. The minimum Gasteiger partial charge on any atom is -0.507 e. The van der Waals surface area contributed by atoms with Gasteiger partial charge in [0.25, 0.3) is 0 Å². The number of aromatic hydroxyl groups is 1. The lowest BCUT2D eigenvalue weighted by Crippen LogP contribution is -2.53. The Balaban J connectivity index is 2.27. The van der Waals surface area contributed by atoms with E-state index in [-0.39, 0.29) is 16.3 Å². The fraction of sp³-hybridized carbons (Fsp3) is 0.462. The van der Waals surface area contributed by atoms with E-state index in [1.807, 2.05) is 0 Å². The number of amides is 1. The first-order valence-electron chi connectivity index (χ1n) is 6.37. The maximum Gasteiger partial charge on any atom is 0.246 e. The van der Waals surface area contributed by atoms with Gasteiger partial charge in [-0.15, -0.1) is 0 Å². The molecule has 1 heterocycles. The van der Waals surface area contributed by atoms with Gasteiger partial charge in [0.15, 0.2) is 14.6 Å². The second-order valence-electron chi connectivity index (χ2n) is 5.17. The van der Waals surface area contributed by atoms with Crippen molar-refractivity contribution in [3.63, 3.8) is 0 Å². The van der Waals surface area contributed by atoms with Gasteiger partial charge in [0.2, 0.25) is 5.91 Å². The van der Waals surface area contributed by atoms with Crippen LogP contribution < -0.4 is 5.32 Å². The zero-order valence-electron chi connectivity index (χ0n) is 10.3. The summed E-state index contributed by atoms with van der Waals surface area (Å²) in [5.41, 5.74) is 0.182. The van der Waals surface area contributed by atoms with Crippen LogP contribution in [-0.4, -0.2) is 24.2 Å². The van der Waals surface area contributed by atoms with Crippen molar-refractivity contribution in [2.75, 3.05) is 5.32 Å². The quantitative estimate of drug-likeness (QED) is 0.759. The molecule has 0 unspecified atom stereocenters. The van der Waals surface area contributed by atoms with Crippen LogP contribution in [0.3, 0.4) is 0 Å². The minimum atomic E-state index is -3.85. The van der Waals surface area contributed by atoms with E-state index < -0.39 is 20.5 Å². The molecule has 0 aromatic heterocycles. The average Bonchev–Trinajstić information content (AvgIpc) is 2.37. The predicted molar refractivity (Wildman–Crippen MR) is 69.7 cm³/mol. The summed E-state index contributed by atoms with van der Waals surface area (Å²) in [4.78, 5) is 12.2. The van der Waals surface area contributed by atoms with Crippen molar-refractivity contribution in [2.24, 2.45) is 0 Å². The van der Waals surface area contributed by atoms with Crippen molar-refractivity contribution >= 4 is 21.4 Å². The number of phenolic OH excluding ortho intramolecular Hbond substituents is 1. The van der Waals surface area contributed by atoms with Crippen molar-refractivity contribution in [3.8, 4) is 5.75 Å². The number of nitrogens with one attached hydrogen (secondary N) is 1. The number of carbonyl (C=O) groups excluding carboxylic acids is 1. The Morgan fingerprint density at radius 2 is 1.84 bits per heavy atom. The topological polar surface area (TPSA) is 83.5 Å². The normalized spacial score (nSPS) is 23.7. The Kier molecular flexibility index (Phi) is 2.60. The van der Waals surface area contributed by atoms with Crippen LogP contribution in [0.25, 0.3) is 0 Å². The Morgan fingerprint density at radius 3 is 2.53 bits per heavy atom. The highest BCUT2D eigenvalue weighted by Crippen LogP contribution is 2.47. The molecule has 1 fully saturated rings. The highest BCUT2D eigenvalue weighted by molar-refractivity contribution is 7.94. The zero-order chi connectivity index (χ0) is 13.7. The molecule has 2 N–H and O–H groups in total. The van der Waals surface area contributed by atoms with Crippen molar-refractivity contribution in [3.05, 3.63) is 18.2 Å². The van der Waals surface area contributed by atoms with E-state index >= 15 is 0 Å². The summed E-state index contributed by atoms with van der Waals surface area (Å²) >= 11 is 0. The highest BCUT2D eigenvalue weighted by atomic mass is 32.2. The summed E-state index contributed by atoms with van der Waals surface area (Å²) in [6, 6.07) is 4.35. The van der Waals surface area contributed by atoms with Crippen LogP contribution >= 0.6 is 0 Å². The molecule has 3 rings (SSSR count). The zero-order valence-corrected chi connectivity index (χ0v) is 11.2. The van der Waals surface area contributed by atoms with Crippen molar-refractivity contribution in [2.45, 2.75) is 41.7 Å². The molecule has 1 aromatic carbocycles. The lowest BCUT2D eigenvalue weighted by molar-refractivity contribution is -0.119. The van der Waals surface area contributed by atoms with Crippen LogP contribution in [0.4, 0.5) is 5.69 Å². The number of anilines is 1. The Labute approximate surface area is 111 Å². The van der Waals surface area contributed by atoms with Gasteiger partial charge in [0.1, 0.15) is 10.6 Å². The van der Waals surface area contributed by atoms with E-state index in [2.05, 4.69) is 5.32 Å². The molecular formula is C13H15NO4S. The standard InChI is InChI=1S/C13H15NO4S/c15-10-6-4-5-9-11(10)19(17,18)13(12(16)14-9)7-2-1-3-8-13/h4-6,15H,1-3,7-8H2,(H,14,16). The molecule has 1 spiro atoms. The number of fused-ring (bicyclic) bond motifs is 1. The third kappa shape index (κ3) is 1.52. The molecule has 0 bridgehead atoms. The molecule has 2 aliphatic rings. The largest absolute Gasteiger partial charge is 0.507 e. The molecule has 1 amide bonds. The molecule has 5 nitrogen and oxygen atoms in total. The van der Waals surface area contributed by atoms with Gasteiger partial charge in [-0.1, -0.05) is 25.3 Å². The SMILES string of the molecule is O=C1Nc2cccc(O)c2S(=O)(=O)C12CCCCC2. The van der Waals surface area contributed by atoms with Crippen molar-refractivity contribution in [1.29, 1.82) is 0 Å². The second-order valence-corrected chi connectivity index (χ2v) is 7.36. The molecule has 0 saturated heterocycles. The molecule has 1 saturated carbocycles. The molecule has 102 valence electrons. The maximum absolute atomic E-state index is 12.8. The van der Waals surface area contributed by atoms with Crippen LogP contribution in [0.15, 0.2) is 23.1 Å². The Morgan fingerprint density at radius 1 is 1.16 bits per heavy atom. The molecule has 6 heteroatoms. The third-order valence-electron chi connectivity index (χ3n) is 4.10. The molecular weight excluding hydrogens is 266 g/mol. The van der Waals surface area contributed by atoms with Gasteiger partial charge in [-0.2, -0.15) is 0 Å². The molecule has 19 heavy (non-hydrogen) atoms. The molecule has 1 aromatic rings. The first kappa shape index (κ1) is 12.5. The number of carbonyl (C=O) groups is 1. The summed E-state index contributed by atoms with van der Waals surface area (Å²) in [5.74, 6) is -0.743. The van der Waals surface area contributed by atoms with E-state index in [1.165, 1.54) is 18.2 Å². The summed E-state index contributed by atoms with van der Waals surface area (Å²) in [6.07, 6.45) is 3.03. The number of benzene rings is 1. The van der Waals surface area contributed by atoms with Crippen LogP contribution in [0.2, 0.25) is 0 Å². The molecule has 0 radical (unpaired) electrons. The van der Waals surface area contributed by atoms with E-state index in [4.69, 9.17) is 0 Å². The van der Waals surface area contributed by atoms with Crippen molar-refractivity contribution in [1.82, 2.24) is 0 Å². The summed E-state index contributed by atoms with van der Waals surface area (Å²) in [7, 11) is -3.85. The summed E-state index contributed by atoms with van der Waals surface area (Å²) in [5, 5.41) is 12.5. The minimum absolute atomic E-state index is 0.128. The summed E-state index contributed by atoms with van der Waals surface area (Å²) < 4.78 is 24.2. The lowest BCUT2D eigenvalue weighted by atomic mass is 9.87. The average molecular weight is 281 g/mol. The molecule has 1 aliphatic carbocycles. The molecule has 1 aliphatic heterocycles. The third-order valence-corrected chi connectivity index (χ3v) is 6.69. The monoisotopic (exact) mass is 281 g/mol. The number of hydrogen-bond donors (Lipinski definition) is 2. The van der Waals surface area contributed by atoms with Gasteiger partial charge in [0, 0.05) is 0 Å². The maximum atomic E-state index is 12.8. The fourth-order valence-electron chi connectivity index (χ4n) is 3.08. The second kappa shape index (κ2) is 3.96. The van der Waals surface area contributed by atoms with E-state index in [9.17, 15) is 18.3 Å². The number of hydrogen-bond acceptors (Lipinski definition) is 4. The van der Waals surface area contributed by atoms with Crippen LogP contribution in [0.5, 0.6) is 5.75 Å². The van der Waals surface area contributed by atoms with Crippen LogP contribution in [0, 0.1) is 0 Å². The smallest absolute Gasteiger partial charge is 0.246 e. The van der Waals surface area contributed by atoms with Crippen LogP contribution in [-0.2, 0) is 14.6 Å². The predicted octanol–water partition coefficient (Wildman–Crippen LogP) is 1.82. The van der Waals surface area contributed by atoms with Gasteiger partial charge in [-0.05, 0) is 25.0 Å². The van der Waals surface area contributed by atoms with Gasteiger partial charge in [0.05, 0.1) is 5.69 Å². The number of sulfone groups is 1. The Bertz CT molecular complexity index is 645. The first-order valence-corrected chi connectivity index (χ1v) is 7.85. The first-order chi connectivity index (χ1) is 8.99. The summed E-state index contributed by atoms with van der Waals surface area (Å²) in [6.45, 7) is 0. The van der Waals surface area contributed by atoms with Gasteiger partial charge in [-0.3, -0.25) is 4.79 Å². The highest BCUT2D eigenvalue weighted by Gasteiger charge is 2.55. The van der Waals surface area contributed by atoms with Gasteiger partial charge in [-0.25, -0.2) is 8.42 Å². The van der Waals surface area contributed by atoms with Gasteiger partial charge < -0.3 is 10.4 Å². The van der Waals surface area contributed by atoms with Crippen LogP contribution in [0.1, 0.15) is 32.1 Å². The number of rotatable bonds is 0. The number of phenols is 1. The van der Waals surface area contributed by atoms with Gasteiger partial charge >= 0.3 is 0 Å². The fourth-order valence-corrected chi connectivity index (χ4v) is 5.34. The Hall–Kier alpha value is -1.56. The van der Waals surface area contributed by atoms with Crippen molar-refractivity contribution < 1.29 is 18.3 Å².